The third kappa shape index (κ3) is 4.83. The number of likely N-dealkylation sites (tertiary alicyclic amines) is 1. The van der Waals surface area contributed by atoms with E-state index in [0.717, 1.165) is 19.0 Å². The van der Waals surface area contributed by atoms with Crippen molar-refractivity contribution in [3.63, 3.8) is 0 Å². The normalized spacial score (nSPS) is 17.3. The van der Waals surface area contributed by atoms with Gasteiger partial charge in [-0.05, 0) is 49.4 Å². The number of piperidine rings is 1. The molecular weight excluding hydrogens is 332 g/mol. The first-order valence-electron chi connectivity index (χ1n) is 8.94. The first kappa shape index (κ1) is 18.0. The van der Waals surface area contributed by atoms with Gasteiger partial charge in [-0.25, -0.2) is 0 Å². The van der Waals surface area contributed by atoms with Gasteiger partial charge >= 0.3 is 0 Å². The minimum absolute atomic E-state index is 0.0477. The molecule has 2 aromatic rings. The Balaban J connectivity index is 1.61. The van der Waals surface area contributed by atoms with E-state index in [-0.39, 0.29) is 24.1 Å². The van der Waals surface area contributed by atoms with Crippen LogP contribution < -0.4 is 5.32 Å². The summed E-state index contributed by atoms with van der Waals surface area (Å²) in [6, 6.07) is 11.5. The van der Waals surface area contributed by atoms with Gasteiger partial charge in [-0.2, -0.15) is 0 Å². The number of para-hydroxylation sites is 1. The van der Waals surface area contributed by atoms with Crippen molar-refractivity contribution in [1.82, 2.24) is 10.2 Å². The zero-order chi connectivity index (χ0) is 17.6. The van der Waals surface area contributed by atoms with E-state index in [1.54, 1.807) is 29.5 Å². The minimum atomic E-state index is -0.0477. The Hall–Kier alpha value is -1.85. The lowest BCUT2D eigenvalue weighted by Crippen LogP contribution is -2.41. The molecule has 0 bridgehead atoms. The van der Waals surface area contributed by atoms with Crippen molar-refractivity contribution in [2.45, 2.75) is 32.2 Å². The predicted molar refractivity (Wildman–Crippen MR) is 102 cm³/mol. The number of amides is 1. The number of rotatable bonds is 6. The van der Waals surface area contributed by atoms with Gasteiger partial charge in [0.05, 0.1) is 12.5 Å². The molecule has 0 aliphatic carbocycles. The maximum Gasteiger partial charge on any atom is 0.224 e. The molecule has 0 saturated carbocycles. The van der Waals surface area contributed by atoms with Crippen LogP contribution in [-0.2, 0) is 11.2 Å². The highest BCUT2D eigenvalue weighted by atomic mass is 32.1. The number of thiophene rings is 1. The van der Waals surface area contributed by atoms with Crippen molar-refractivity contribution < 1.29 is 9.90 Å². The highest BCUT2D eigenvalue weighted by Crippen LogP contribution is 2.29. The Morgan fingerprint density at radius 1 is 1.28 bits per heavy atom. The van der Waals surface area contributed by atoms with Crippen molar-refractivity contribution in [2.24, 2.45) is 5.92 Å². The lowest BCUT2D eigenvalue weighted by molar-refractivity contribution is -0.120. The van der Waals surface area contributed by atoms with E-state index in [2.05, 4.69) is 34.7 Å². The molecule has 1 aromatic carbocycles. The summed E-state index contributed by atoms with van der Waals surface area (Å²) < 4.78 is 0. The Labute approximate surface area is 153 Å². The average Bonchev–Trinajstić information content (AvgIpc) is 3.13. The third-order valence-corrected chi connectivity index (χ3v) is 5.94. The van der Waals surface area contributed by atoms with Crippen LogP contribution in [0, 0.1) is 5.92 Å². The number of phenols is 1. The smallest absolute Gasteiger partial charge is 0.224 e. The number of hydrogen-bond donors (Lipinski definition) is 2. The largest absolute Gasteiger partial charge is 0.508 e. The number of hydrogen-bond acceptors (Lipinski definition) is 4. The first-order chi connectivity index (χ1) is 12.1. The molecule has 2 N–H and O–H groups in total. The second-order valence-corrected chi connectivity index (χ2v) is 7.84. The fourth-order valence-corrected chi connectivity index (χ4v) is 4.20. The fraction of sp³-hybridized carbons (Fsp3) is 0.450. The summed E-state index contributed by atoms with van der Waals surface area (Å²) in [6.45, 7) is 5.09. The molecular formula is C20H26N2O2S. The second-order valence-electron chi connectivity index (χ2n) is 6.86. The summed E-state index contributed by atoms with van der Waals surface area (Å²) >= 11 is 1.75. The van der Waals surface area contributed by atoms with Crippen LogP contribution in [0.3, 0.4) is 0 Å². The quantitative estimate of drug-likeness (QED) is 0.830. The molecule has 1 atom stereocenters. The summed E-state index contributed by atoms with van der Waals surface area (Å²) in [7, 11) is 0. The fourth-order valence-electron chi connectivity index (χ4n) is 3.34. The van der Waals surface area contributed by atoms with Crippen LogP contribution in [-0.4, -0.2) is 35.5 Å². The number of aromatic hydroxyl groups is 1. The standard InChI is InChI=1S/C20H26N2O2S/c1-15-8-10-22(11-9-15)17(19-7-4-12-25-19)14-21-20(24)13-16-5-2-3-6-18(16)23/h2-7,12,15,17,23H,8-11,13-14H2,1H3,(H,21,24). The molecule has 1 aliphatic rings. The maximum atomic E-state index is 12.3. The molecule has 3 rings (SSSR count). The lowest BCUT2D eigenvalue weighted by Gasteiger charge is -2.36. The molecule has 5 heteroatoms. The molecule has 1 unspecified atom stereocenters. The molecule has 0 radical (unpaired) electrons. The number of benzene rings is 1. The van der Waals surface area contributed by atoms with E-state index in [0.29, 0.717) is 12.1 Å². The molecule has 0 spiro atoms. The molecule has 2 heterocycles. The van der Waals surface area contributed by atoms with Crippen LogP contribution in [0.1, 0.15) is 36.2 Å². The molecule has 1 saturated heterocycles. The van der Waals surface area contributed by atoms with Crippen molar-refractivity contribution in [3.05, 3.63) is 52.2 Å². The lowest BCUT2D eigenvalue weighted by atomic mass is 9.97. The monoisotopic (exact) mass is 358 g/mol. The topological polar surface area (TPSA) is 52.6 Å². The van der Waals surface area contributed by atoms with Gasteiger partial charge < -0.3 is 10.4 Å². The van der Waals surface area contributed by atoms with E-state index in [4.69, 9.17) is 0 Å². The van der Waals surface area contributed by atoms with Crippen LogP contribution in [0.15, 0.2) is 41.8 Å². The van der Waals surface area contributed by atoms with Crippen LogP contribution in [0.2, 0.25) is 0 Å². The van der Waals surface area contributed by atoms with Gasteiger partial charge in [0.15, 0.2) is 0 Å². The van der Waals surface area contributed by atoms with Crippen LogP contribution in [0.4, 0.5) is 0 Å². The van der Waals surface area contributed by atoms with Crippen molar-refractivity contribution in [2.75, 3.05) is 19.6 Å². The molecule has 1 aromatic heterocycles. The first-order valence-corrected chi connectivity index (χ1v) is 9.82. The van der Waals surface area contributed by atoms with E-state index in [1.807, 2.05) is 6.07 Å². The Bertz CT molecular complexity index is 679. The van der Waals surface area contributed by atoms with Gasteiger partial charge in [-0.3, -0.25) is 9.69 Å². The summed E-state index contributed by atoms with van der Waals surface area (Å²) in [5, 5.41) is 15.0. The Morgan fingerprint density at radius 2 is 2.04 bits per heavy atom. The highest BCUT2D eigenvalue weighted by Gasteiger charge is 2.25. The van der Waals surface area contributed by atoms with E-state index in [1.165, 1.54) is 17.7 Å². The molecule has 4 nitrogen and oxygen atoms in total. The van der Waals surface area contributed by atoms with Crippen molar-refractivity contribution in [3.8, 4) is 5.75 Å². The number of phenolic OH excluding ortho intramolecular Hbond substituents is 1. The van der Waals surface area contributed by atoms with Gasteiger partial charge in [0.2, 0.25) is 5.91 Å². The minimum Gasteiger partial charge on any atom is -0.508 e. The zero-order valence-corrected chi connectivity index (χ0v) is 15.5. The van der Waals surface area contributed by atoms with Crippen LogP contribution in [0.5, 0.6) is 5.75 Å². The second kappa shape index (κ2) is 8.50. The van der Waals surface area contributed by atoms with Crippen LogP contribution >= 0.6 is 11.3 Å². The van der Waals surface area contributed by atoms with E-state index >= 15 is 0 Å². The zero-order valence-electron chi connectivity index (χ0n) is 14.6. The predicted octanol–water partition coefficient (Wildman–Crippen LogP) is 3.59. The molecule has 25 heavy (non-hydrogen) atoms. The number of nitrogens with one attached hydrogen (secondary N) is 1. The highest BCUT2D eigenvalue weighted by molar-refractivity contribution is 7.10. The van der Waals surface area contributed by atoms with Gasteiger partial charge in [-0.1, -0.05) is 31.2 Å². The number of carbonyl (C=O) groups excluding carboxylic acids is 1. The molecule has 1 aliphatic heterocycles. The average molecular weight is 359 g/mol. The summed E-state index contributed by atoms with van der Waals surface area (Å²) in [5.74, 6) is 0.918. The SMILES string of the molecule is CC1CCN(C(CNC(=O)Cc2ccccc2O)c2cccs2)CC1. The van der Waals surface area contributed by atoms with Gasteiger partial charge in [0.1, 0.15) is 5.75 Å². The summed E-state index contributed by atoms with van der Waals surface area (Å²) in [6.07, 6.45) is 2.64. The molecule has 134 valence electrons. The van der Waals surface area contributed by atoms with Crippen molar-refractivity contribution in [1.29, 1.82) is 0 Å². The van der Waals surface area contributed by atoms with Crippen molar-refractivity contribution >= 4 is 17.2 Å². The number of nitrogens with zero attached hydrogens (tertiary/aromatic N) is 1. The van der Waals surface area contributed by atoms with Crippen LogP contribution in [0.25, 0.3) is 0 Å². The van der Waals surface area contributed by atoms with Gasteiger partial charge in [0.25, 0.3) is 0 Å². The molecule has 1 fully saturated rings. The van der Waals surface area contributed by atoms with Gasteiger partial charge in [-0.15, -0.1) is 11.3 Å². The van der Waals surface area contributed by atoms with E-state index < -0.39 is 0 Å². The Morgan fingerprint density at radius 3 is 2.72 bits per heavy atom. The maximum absolute atomic E-state index is 12.3. The Kier molecular flexibility index (Phi) is 6.10. The van der Waals surface area contributed by atoms with E-state index in [9.17, 15) is 9.90 Å². The summed E-state index contributed by atoms with van der Waals surface area (Å²) in [4.78, 5) is 16.1. The number of carbonyl (C=O) groups is 1. The molecule has 1 amide bonds. The summed E-state index contributed by atoms with van der Waals surface area (Å²) in [5.41, 5.74) is 0.666. The third-order valence-electron chi connectivity index (χ3n) is 4.97. The van der Waals surface area contributed by atoms with Gasteiger partial charge in [0, 0.05) is 17.0 Å².